The Morgan fingerprint density at radius 2 is 2.16 bits per heavy atom. The summed E-state index contributed by atoms with van der Waals surface area (Å²) < 4.78 is 5.43. The first kappa shape index (κ1) is 25.1. The zero-order valence-electron chi connectivity index (χ0n) is 19.5. The molecule has 4 N–H and O–H groups in total. The largest absolute Gasteiger partial charge is 0.444 e. The number of fused-ring (bicyclic) bond motifs is 1. The Morgan fingerprint density at radius 3 is 2.75 bits per heavy atom. The van der Waals surface area contributed by atoms with E-state index in [4.69, 9.17) is 15.9 Å². The Labute approximate surface area is 189 Å². The number of likely N-dealkylation sites (N-methyl/N-ethyl adjacent to an activating group) is 1. The quantitative estimate of drug-likeness (QED) is 0.442. The lowest BCUT2D eigenvalue weighted by Gasteiger charge is -2.36. The third kappa shape index (κ3) is 6.91. The average Bonchev–Trinajstić information content (AvgIpc) is 2.70. The number of aliphatic imine (C=N–C) groups is 1. The predicted molar refractivity (Wildman–Crippen MR) is 129 cm³/mol. The van der Waals surface area contributed by atoms with Gasteiger partial charge in [-0.1, -0.05) is 6.58 Å². The fourth-order valence-electron chi connectivity index (χ4n) is 3.19. The molecule has 0 saturated carbocycles. The van der Waals surface area contributed by atoms with Crippen LogP contribution in [0.5, 0.6) is 0 Å². The lowest BCUT2D eigenvalue weighted by molar-refractivity contribution is -0.111. The third-order valence-corrected chi connectivity index (χ3v) is 4.78. The van der Waals surface area contributed by atoms with Gasteiger partial charge in [0, 0.05) is 49.8 Å². The number of carbonyl (C=O) groups excluding carboxylic acids is 2. The fraction of sp³-hybridized carbons (Fsp3) is 0.478. The van der Waals surface area contributed by atoms with Crippen molar-refractivity contribution in [1.29, 1.82) is 5.41 Å². The first-order valence-corrected chi connectivity index (χ1v) is 10.6. The molecular weight excluding hydrogens is 408 g/mol. The summed E-state index contributed by atoms with van der Waals surface area (Å²) in [6.45, 7) is 12.2. The number of amides is 2. The molecule has 1 aliphatic rings. The molecule has 0 bridgehead atoms. The van der Waals surface area contributed by atoms with Crippen molar-refractivity contribution in [1.82, 2.24) is 4.90 Å². The first-order chi connectivity index (χ1) is 14.9. The van der Waals surface area contributed by atoms with Crippen molar-refractivity contribution in [2.45, 2.75) is 39.5 Å². The van der Waals surface area contributed by atoms with Gasteiger partial charge in [0.05, 0.1) is 17.8 Å². The van der Waals surface area contributed by atoms with E-state index < -0.39 is 11.7 Å². The molecular formula is C23H34N6O3. The molecule has 0 fully saturated rings. The second-order valence-electron chi connectivity index (χ2n) is 8.83. The summed E-state index contributed by atoms with van der Waals surface area (Å²) in [5.74, 6) is -0.553. The average molecular weight is 443 g/mol. The Bertz CT molecular complexity index is 903. The van der Waals surface area contributed by atoms with Crippen LogP contribution in [0.1, 0.15) is 33.3 Å². The molecule has 0 aliphatic carbocycles. The molecule has 0 aromatic heterocycles. The van der Waals surface area contributed by atoms with Gasteiger partial charge in [0.2, 0.25) is 5.91 Å². The normalized spacial score (nSPS) is 17.0. The first-order valence-electron chi connectivity index (χ1n) is 10.6. The molecule has 2 unspecified atom stereocenters. The molecule has 32 heavy (non-hydrogen) atoms. The van der Waals surface area contributed by atoms with E-state index in [1.54, 1.807) is 26.3 Å². The number of nitrogens with zero attached hydrogens (tertiary/aromatic N) is 3. The minimum absolute atomic E-state index is 0.242. The monoisotopic (exact) mass is 442 g/mol. The van der Waals surface area contributed by atoms with E-state index in [1.807, 2.05) is 32.9 Å². The molecule has 1 heterocycles. The van der Waals surface area contributed by atoms with E-state index >= 15 is 0 Å². The maximum Gasteiger partial charge on any atom is 0.410 e. The number of hydrogen-bond donors (Lipinski definition) is 3. The van der Waals surface area contributed by atoms with Gasteiger partial charge in [-0.2, -0.15) is 0 Å². The van der Waals surface area contributed by atoms with E-state index in [2.05, 4.69) is 21.8 Å². The fourth-order valence-corrected chi connectivity index (χ4v) is 3.19. The second-order valence-corrected chi connectivity index (χ2v) is 8.83. The summed E-state index contributed by atoms with van der Waals surface area (Å²) in [7, 11) is 1.69. The summed E-state index contributed by atoms with van der Waals surface area (Å²) in [4.78, 5) is 31.9. The number of nitrogens with one attached hydrogen (secondary N) is 2. The van der Waals surface area contributed by atoms with E-state index in [0.29, 0.717) is 31.0 Å². The highest BCUT2D eigenvalue weighted by Gasteiger charge is 2.29. The molecule has 174 valence electrons. The standard InChI is InChI=1S/C23H34N6O3/c1-7-20(30)27-17-8-9-18-19(12-17)29(14-16(21(18)25)13-26-15(2)24)11-10-28(6)22(31)32-23(3,4)5/h7-9,12-13,15-16,25H,1,10-11,14,24H2,2-6H3,(H,27,30). The van der Waals surface area contributed by atoms with Crippen molar-refractivity contribution in [3.63, 3.8) is 0 Å². The van der Waals surface area contributed by atoms with Crippen molar-refractivity contribution in [3.05, 3.63) is 36.4 Å². The zero-order valence-corrected chi connectivity index (χ0v) is 19.5. The van der Waals surface area contributed by atoms with Crippen LogP contribution in [0.4, 0.5) is 16.2 Å². The molecule has 0 radical (unpaired) electrons. The molecule has 2 amide bonds. The Morgan fingerprint density at radius 1 is 1.47 bits per heavy atom. The summed E-state index contributed by atoms with van der Waals surface area (Å²) >= 11 is 0. The smallest absolute Gasteiger partial charge is 0.410 e. The van der Waals surface area contributed by atoms with Crippen LogP contribution in [0.3, 0.4) is 0 Å². The number of carbonyl (C=O) groups is 2. The van der Waals surface area contributed by atoms with Gasteiger partial charge in [0.15, 0.2) is 0 Å². The van der Waals surface area contributed by atoms with Crippen molar-refractivity contribution < 1.29 is 14.3 Å². The molecule has 2 rings (SSSR count). The molecule has 2 atom stereocenters. The number of hydrogen-bond acceptors (Lipinski definition) is 7. The van der Waals surface area contributed by atoms with Gasteiger partial charge in [0.1, 0.15) is 5.60 Å². The van der Waals surface area contributed by atoms with E-state index in [0.717, 1.165) is 11.3 Å². The van der Waals surface area contributed by atoms with Crippen molar-refractivity contribution in [3.8, 4) is 0 Å². The Kier molecular flexibility index (Phi) is 8.15. The van der Waals surface area contributed by atoms with Crippen molar-refractivity contribution in [2.75, 3.05) is 36.9 Å². The van der Waals surface area contributed by atoms with E-state index in [9.17, 15) is 9.59 Å². The van der Waals surface area contributed by atoms with Crippen LogP contribution in [0, 0.1) is 11.3 Å². The number of rotatable bonds is 7. The van der Waals surface area contributed by atoms with Gasteiger partial charge in [-0.15, -0.1) is 0 Å². The van der Waals surface area contributed by atoms with Gasteiger partial charge < -0.3 is 31.0 Å². The van der Waals surface area contributed by atoms with Crippen LogP contribution in [0.2, 0.25) is 0 Å². The van der Waals surface area contributed by atoms with Crippen LogP contribution in [-0.2, 0) is 9.53 Å². The van der Waals surface area contributed by atoms with Crippen LogP contribution < -0.4 is 16.0 Å². The van der Waals surface area contributed by atoms with Gasteiger partial charge in [0.25, 0.3) is 0 Å². The SMILES string of the molecule is C=CC(=O)Nc1ccc2c(c1)N(CCN(C)C(=O)OC(C)(C)C)CC(C=NC(C)N)C2=N. The summed E-state index contributed by atoms with van der Waals surface area (Å²) in [6, 6.07) is 5.40. The highest BCUT2D eigenvalue weighted by atomic mass is 16.6. The van der Waals surface area contributed by atoms with Gasteiger partial charge >= 0.3 is 6.09 Å². The lowest BCUT2D eigenvalue weighted by atomic mass is 9.90. The minimum atomic E-state index is -0.573. The van der Waals surface area contributed by atoms with E-state index in [-0.39, 0.29) is 18.0 Å². The van der Waals surface area contributed by atoms with Crippen LogP contribution in [0.15, 0.2) is 35.8 Å². The highest BCUT2D eigenvalue weighted by Crippen LogP contribution is 2.32. The van der Waals surface area contributed by atoms with Gasteiger partial charge in [-0.25, -0.2) is 4.79 Å². The summed E-state index contributed by atoms with van der Waals surface area (Å²) in [5.41, 5.74) is 7.77. The molecule has 0 spiro atoms. The molecule has 9 nitrogen and oxygen atoms in total. The highest BCUT2D eigenvalue weighted by molar-refractivity contribution is 6.13. The van der Waals surface area contributed by atoms with Crippen LogP contribution >= 0.6 is 0 Å². The predicted octanol–water partition coefficient (Wildman–Crippen LogP) is 2.86. The number of ether oxygens (including phenoxy) is 1. The van der Waals surface area contributed by atoms with Crippen LogP contribution in [0.25, 0.3) is 0 Å². The van der Waals surface area contributed by atoms with Crippen molar-refractivity contribution in [2.24, 2.45) is 16.6 Å². The van der Waals surface area contributed by atoms with Gasteiger partial charge in [-0.05, 0) is 52.0 Å². The molecule has 1 aliphatic heterocycles. The van der Waals surface area contributed by atoms with Crippen molar-refractivity contribution >= 4 is 35.3 Å². The van der Waals surface area contributed by atoms with Crippen LogP contribution in [-0.4, -0.2) is 67.3 Å². The maximum atomic E-state index is 12.3. The molecule has 9 heteroatoms. The summed E-state index contributed by atoms with van der Waals surface area (Å²) in [5, 5.41) is 11.4. The Hall–Kier alpha value is -3.20. The molecule has 1 aromatic carbocycles. The van der Waals surface area contributed by atoms with Gasteiger partial charge in [-0.3, -0.25) is 9.79 Å². The third-order valence-electron chi connectivity index (χ3n) is 4.78. The number of anilines is 2. The number of benzene rings is 1. The zero-order chi connectivity index (χ0) is 24.1. The minimum Gasteiger partial charge on any atom is -0.444 e. The second kappa shape index (κ2) is 10.4. The maximum absolute atomic E-state index is 12.3. The Balaban J connectivity index is 2.28. The topological polar surface area (TPSA) is 124 Å². The molecule has 1 aromatic rings. The molecule has 0 saturated heterocycles. The summed E-state index contributed by atoms with van der Waals surface area (Å²) in [6.07, 6.45) is 2.17. The lowest BCUT2D eigenvalue weighted by Crippen LogP contribution is -2.45. The van der Waals surface area contributed by atoms with E-state index in [1.165, 1.54) is 11.0 Å². The number of nitrogens with two attached hydrogens (primary N) is 1.